The molecule has 1 fully saturated rings. The van der Waals surface area contributed by atoms with Gasteiger partial charge in [-0.3, -0.25) is 4.79 Å². The number of rotatable bonds is 9. The van der Waals surface area contributed by atoms with E-state index in [1.807, 2.05) is 12.1 Å². The minimum absolute atomic E-state index is 0.0366. The van der Waals surface area contributed by atoms with Gasteiger partial charge in [-0.15, -0.1) is 0 Å². The Kier molecular flexibility index (Phi) is 6.25. The van der Waals surface area contributed by atoms with E-state index in [2.05, 4.69) is 52.2 Å². The Morgan fingerprint density at radius 3 is 2.69 bits per heavy atom. The summed E-state index contributed by atoms with van der Waals surface area (Å²) in [6.07, 6.45) is 5.69. The Bertz CT molecular complexity index is 1870. The molecule has 3 heterocycles. The van der Waals surface area contributed by atoms with Gasteiger partial charge < -0.3 is 14.8 Å². The average molecular weight is 547 g/mol. The number of nitrogens with one attached hydrogen (secondary N) is 1. The molecule has 12 heteroatoms. The van der Waals surface area contributed by atoms with Gasteiger partial charge in [0.15, 0.2) is 5.65 Å². The molecular formula is C27H30N8O3S. The molecular weight excluding hydrogens is 516 g/mol. The van der Waals surface area contributed by atoms with Crippen molar-refractivity contribution in [2.45, 2.75) is 30.8 Å². The van der Waals surface area contributed by atoms with E-state index in [0.29, 0.717) is 35.1 Å². The SMILES string of the molecule is CN(C)CCn1ccc2cc(Nc3ncc4c(=O)n(CC5CC5)n(-c5cccc(S(N)(=O)=O)c5)c4n3)ccc21. The summed E-state index contributed by atoms with van der Waals surface area (Å²) in [4.78, 5) is 24.6. The summed E-state index contributed by atoms with van der Waals surface area (Å²) >= 11 is 0. The molecule has 0 bridgehead atoms. The van der Waals surface area contributed by atoms with Crippen molar-refractivity contribution in [2.24, 2.45) is 11.1 Å². The Labute approximate surface area is 225 Å². The molecule has 0 amide bonds. The van der Waals surface area contributed by atoms with Crippen LogP contribution in [0.4, 0.5) is 11.6 Å². The number of sulfonamides is 1. The van der Waals surface area contributed by atoms with Crippen LogP contribution in [0.3, 0.4) is 0 Å². The topological polar surface area (TPSA) is 133 Å². The van der Waals surface area contributed by atoms with Crippen LogP contribution in [0.25, 0.3) is 27.6 Å². The third-order valence-electron chi connectivity index (χ3n) is 7.01. The fourth-order valence-corrected chi connectivity index (χ4v) is 5.32. The van der Waals surface area contributed by atoms with E-state index in [9.17, 15) is 13.2 Å². The lowest BCUT2D eigenvalue weighted by molar-refractivity contribution is 0.387. The fourth-order valence-electron chi connectivity index (χ4n) is 4.76. The molecule has 0 radical (unpaired) electrons. The number of aromatic nitrogens is 5. The monoisotopic (exact) mass is 546 g/mol. The summed E-state index contributed by atoms with van der Waals surface area (Å²) < 4.78 is 29.6. The average Bonchev–Trinajstić information content (AvgIpc) is 3.57. The Hall–Kier alpha value is -4.00. The molecule has 0 saturated heterocycles. The van der Waals surface area contributed by atoms with Gasteiger partial charge in [0.1, 0.15) is 5.39 Å². The van der Waals surface area contributed by atoms with Crippen molar-refractivity contribution < 1.29 is 8.42 Å². The third-order valence-corrected chi connectivity index (χ3v) is 7.92. The van der Waals surface area contributed by atoms with Gasteiger partial charge in [0.05, 0.1) is 10.6 Å². The van der Waals surface area contributed by atoms with E-state index in [0.717, 1.165) is 42.5 Å². The normalized spacial score (nSPS) is 14.1. The van der Waals surface area contributed by atoms with Crippen LogP contribution in [0.15, 0.2) is 70.6 Å². The maximum Gasteiger partial charge on any atom is 0.278 e. The molecule has 0 spiro atoms. The predicted octanol–water partition coefficient (Wildman–Crippen LogP) is 2.90. The van der Waals surface area contributed by atoms with Gasteiger partial charge in [0.25, 0.3) is 5.56 Å². The van der Waals surface area contributed by atoms with Crippen molar-refractivity contribution in [2.75, 3.05) is 26.0 Å². The van der Waals surface area contributed by atoms with Crippen molar-refractivity contribution in [1.29, 1.82) is 0 Å². The quantitative estimate of drug-likeness (QED) is 0.290. The predicted molar refractivity (Wildman–Crippen MR) is 151 cm³/mol. The molecule has 1 aliphatic rings. The van der Waals surface area contributed by atoms with Crippen molar-refractivity contribution in [3.8, 4) is 5.69 Å². The number of nitrogens with two attached hydrogens (primary N) is 1. The summed E-state index contributed by atoms with van der Waals surface area (Å²) in [6.45, 7) is 2.35. The summed E-state index contributed by atoms with van der Waals surface area (Å²) in [6, 6.07) is 14.4. The Balaban J connectivity index is 1.40. The molecule has 11 nitrogen and oxygen atoms in total. The van der Waals surface area contributed by atoms with E-state index in [4.69, 9.17) is 10.1 Å². The van der Waals surface area contributed by atoms with Crippen molar-refractivity contribution in [1.82, 2.24) is 28.8 Å². The van der Waals surface area contributed by atoms with Gasteiger partial charge in [-0.25, -0.2) is 27.9 Å². The van der Waals surface area contributed by atoms with E-state index in [1.165, 1.54) is 18.3 Å². The molecule has 39 heavy (non-hydrogen) atoms. The van der Waals surface area contributed by atoms with Crippen LogP contribution >= 0.6 is 0 Å². The number of hydrogen-bond acceptors (Lipinski definition) is 7. The lowest BCUT2D eigenvalue weighted by Crippen LogP contribution is -2.23. The van der Waals surface area contributed by atoms with Crippen molar-refractivity contribution >= 4 is 43.6 Å². The molecule has 5 aromatic rings. The van der Waals surface area contributed by atoms with E-state index in [1.54, 1.807) is 21.5 Å². The van der Waals surface area contributed by atoms with Crippen LogP contribution in [0.2, 0.25) is 0 Å². The second kappa shape index (κ2) is 9.63. The lowest BCUT2D eigenvalue weighted by atomic mass is 10.2. The third kappa shape index (κ3) is 5.05. The van der Waals surface area contributed by atoms with Crippen molar-refractivity contribution in [3.63, 3.8) is 0 Å². The zero-order valence-electron chi connectivity index (χ0n) is 21.8. The largest absolute Gasteiger partial charge is 0.346 e. The van der Waals surface area contributed by atoms with Crippen LogP contribution in [-0.2, 0) is 23.1 Å². The lowest BCUT2D eigenvalue weighted by Gasteiger charge is -2.13. The molecule has 1 aliphatic carbocycles. The van der Waals surface area contributed by atoms with E-state index in [-0.39, 0.29) is 10.5 Å². The molecule has 6 rings (SSSR count). The number of fused-ring (bicyclic) bond motifs is 2. The number of hydrogen-bond donors (Lipinski definition) is 2. The molecule has 0 aliphatic heterocycles. The minimum Gasteiger partial charge on any atom is -0.346 e. The molecule has 2 aromatic carbocycles. The number of likely N-dealkylation sites (N-methyl/N-ethyl adjacent to an activating group) is 1. The number of nitrogens with zero attached hydrogens (tertiary/aromatic N) is 6. The standard InChI is InChI=1S/C27H30N8O3S/c1-32(2)12-13-33-11-10-19-14-20(8-9-24(19)33)30-27-29-16-23-25(31-27)35(34(26(23)36)17-18-6-7-18)21-4-3-5-22(15-21)39(28,37)38/h3-5,8-11,14-16,18H,6-7,12-13,17H2,1-2H3,(H2,28,37,38)(H,29,30,31). The summed E-state index contributed by atoms with van der Waals surface area (Å²) in [5.74, 6) is 0.725. The highest BCUT2D eigenvalue weighted by Gasteiger charge is 2.26. The molecule has 202 valence electrons. The first-order valence-electron chi connectivity index (χ1n) is 12.8. The molecule has 0 atom stereocenters. The highest BCUT2D eigenvalue weighted by atomic mass is 32.2. The summed E-state index contributed by atoms with van der Waals surface area (Å²) in [5.41, 5.74) is 2.61. The Morgan fingerprint density at radius 1 is 1.13 bits per heavy atom. The highest BCUT2D eigenvalue weighted by molar-refractivity contribution is 7.89. The molecule has 1 saturated carbocycles. The number of benzene rings is 2. The molecule has 3 aromatic heterocycles. The maximum absolute atomic E-state index is 13.4. The van der Waals surface area contributed by atoms with Crippen LogP contribution in [0.5, 0.6) is 0 Å². The van der Waals surface area contributed by atoms with Crippen LogP contribution < -0.4 is 16.0 Å². The fraction of sp³-hybridized carbons (Fsp3) is 0.296. The second-order valence-corrected chi connectivity index (χ2v) is 11.9. The molecule has 0 unspecified atom stereocenters. The minimum atomic E-state index is -3.93. The highest BCUT2D eigenvalue weighted by Crippen LogP contribution is 2.31. The second-order valence-electron chi connectivity index (χ2n) is 10.3. The maximum atomic E-state index is 13.4. The first-order valence-corrected chi connectivity index (χ1v) is 14.3. The van der Waals surface area contributed by atoms with Crippen LogP contribution in [0, 0.1) is 5.92 Å². The Morgan fingerprint density at radius 2 is 1.95 bits per heavy atom. The van der Waals surface area contributed by atoms with Gasteiger partial charge in [0.2, 0.25) is 16.0 Å². The smallest absolute Gasteiger partial charge is 0.278 e. The van der Waals surface area contributed by atoms with Gasteiger partial charge in [-0.05, 0) is 75.3 Å². The molecule has 3 N–H and O–H groups in total. The summed E-state index contributed by atoms with van der Waals surface area (Å²) in [5, 5.41) is 10.1. The number of primary sulfonamides is 1. The van der Waals surface area contributed by atoms with Gasteiger partial charge in [-0.1, -0.05) is 6.07 Å². The van der Waals surface area contributed by atoms with Gasteiger partial charge in [0, 0.05) is 48.6 Å². The van der Waals surface area contributed by atoms with Gasteiger partial charge >= 0.3 is 0 Å². The van der Waals surface area contributed by atoms with Gasteiger partial charge in [-0.2, -0.15) is 4.98 Å². The number of anilines is 2. The first kappa shape index (κ1) is 25.3. The first-order chi connectivity index (χ1) is 18.7. The van der Waals surface area contributed by atoms with Crippen LogP contribution in [0.1, 0.15) is 12.8 Å². The van der Waals surface area contributed by atoms with E-state index >= 15 is 0 Å². The van der Waals surface area contributed by atoms with Crippen LogP contribution in [-0.4, -0.2) is 57.9 Å². The summed E-state index contributed by atoms with van der Waals surface area (Å²) in [7, 11) is 0.187. The zero-order valence-corrected chi connectivity index (χ0v) is 22.6. The zero-order chi connectivity index (χ0) is 27.3. The van der Waals surface area contributed by atoms with E-state index < -0.39 is 10.0 Å². The van der Waals surface area contributed by atoms with Crippen molar-refractivity contribution in [3.05, 3.63) is 71.3 Å².